The van der Waals surface area contributed by atoms with Crippen molar-refractivity contribution >= 4 is 35.2 Å². The van der Waals surface area contributed by atoms with E-state index in [0.29, 0.717) is 30.9 Å². The molecule has 0 aliphatic carbocycles. The molecule has 0 aromatic rings. The largest absolute Gasteiger partial charge is 0.380 e. The standard InChI is InChI=1S/C24H42ClN7O3S/c1-12-5-14(15-6-21(25)27-8-19(15)35-4)16(7-26-12)22(33)29-24-28-18-10-32(11-20(18)36-24)23(34)17-9-31(3)30-13(17)2/h12-21,24,26-28,30H,5-11H2,1-4H3,(H,29,33). The minimum absolute atomic E-state index is 0.00838. The zero-order valence-electron chi connectivity index (χ0n) is 21.7. The maximum Gasteiger partial charge on any atom is 0.228 e. The third kappa shape index (κ3) is 5.54. The van der Waals surface area contributed by atoms with Gasteiger partial charge in [0.15, 0.2) is 0 Å². The van der Waals surface area contributed by atoms with E-state index >= 15 is 0 Å². The molecule has 5 aliphatic heterocycles. The molecule has 0 radical (unpaired) electrons. The first-order valence-electron chi connectivity index (χ1n) is 13.3. The molecule has 11 atom stereocenters. The molecule has 5 N–H and O–H groups in total. The maximum atomic E-state index is 13.6. The summed E-state index contributed by atoms with van der Waals surface area (Å²) in [5.74, 6) is 0.647. The van der Waals surface area contributed by atoms with E-state index in [9.17, 15) is 9.59 Å². The number of carbonyl (C=O) groups excluding carboxylic acids is 2. The number of methoxy groups -OCH3 is 1. The van der Waals surface area contributed by atoms with Gasteiger partial charge in [-0.15, -0.1) is 23.4 Å². The molecule has 0 spiro atoms. The van der Waals surface area contributed by atoms with E-state index < -0.39 is 0 Å². The van der Waals surface area contributed by atoms with E-state index in [1.807, 2.05) is 17.0 Å². The molecule has 5 fully saturated rings. The Labute approximate surface area is 223 Å². The van der Waals surface area contributed by atoms with Crippen LogP contribution in [0.1, 0.15) is 26.7 Å². The van der Waals surface area contributed by atoms with Gasteiger partial charge in [-0.3, -0.25) is 25.6 Å². The monoisotopic (exact) mass is 543 g/mol. The van der Waals surface area contributed by atoms with Crippen molar-refractivity contribution in [1.29, 1.82) is 0 Å². The first-order chi connectivity index (χ1) is 17.2. The Morgan fingerprint density at radius 1 is 1.06 bits per heavy atom. The van der Waals surface area contributed by atoms with Gasteiger partial charge < -0.3 is 20.3 Å². The van der Waals surface area contributed by atoms with Crippen LogP contribution in [0.4, 0.5) is 0 Å². The second-order valence-electron chi connectivity index (χ2n) is 11.3. The number of alkyl halides is 1. The quantitative estimate of drug-likeness (QED) is 0.233. The van der Waals surface area contributed by atoms with Crippen LogP contribution < -0.4 is 26.7 Å². The Morgan fingerprint density at radius 2 is 1.86 bits per heavy atom. The van der Waals surface area contributed by atoms with E-state index in [4.69, 9.17) is 16.3 Å². The summed E-state index contributed by atoms with van der Waals surface area (Å²) in [5, 5.41) is 16.0. The van der Waals surface area contributed by atoms with Gasteiger partial charge in [0.2, 0.25) is 11.8 Å². The van der Waals surface area contributed by atoms with Crippen LogP contribution in [0.15, 0.2) is 0 Å². The number of fused-ring (bicyclic) bond motifs is 1. The molecule has 12 heteroatoms. The first-order valence-corrected chi connectivity index (χ1v) is 14.7. The molecule has 5 aliphatic rings. The van der Waals surface area contributed by atoms with Crippen LogP contribution in [-0.2, 0) is 14.3 Å². The van der Waals surface area contributed by atoms with Crippen LogP contribution in [0, 0.1) is 23.7 Å². The molecule has 5 rings (SSSR count). The predicted molar refractivity (Wildman–Crippen MR) is 141 cm³/mol. The van der Waals surface area contributed by atoms with Crippen molar-refractivity contribution in [2.45, 2.75) is 67.2 Å². The number of hydrazine groups is 1. The Balaban J connectivity index is 1.17. The second kappa shape index (κ2) is 11.2. The lowest BCUT2D eigenvalue weighted by Gasteiger charge is -2.45. The molecule has 204 valence electrons. The van der Waals surface area contributed by atoms with Gasteiger partial charge >= 0.3 is 0 Å². The lowest BCUT2D eigenvalue weighted by molar-refractivity contribution is -0.134. The molecule has 0 saturated carbocycles. The molecular formula is C24H42ClN7O3S. The number of rotatable bonds is 5. The van der Waals surface area contributed by atoms with Crippen molar-refractivity contribution in [1.82, 2.24) is 36.6 Å². The Kier molecular flexibility index (Phi) is 8.39. The van der Waals surface area contributed by atoms with Gasteiger partial charge in [0, 0.05) is 70.3 Å². The van der Waals surface area contributed by atoms with E-state index in [0.717, 1.165) is 25.9 Å². The molecule has 36 heavy (non-hydrogen) atoms. The third-order valence-corrected chi connectivity index (χ3v) is 10.5. The smallest absolute Gasteiger partial charge is 0.228 e. The van der Waals surface area contributed by atoms with Crippen molar-refractivity contribution in [2.24, 2.45) is 23.7 Å². The lowest BCUT2D eigenvalue weighted by Crippen LogP contribution is -2.57. The molecule has 10 nitrogen and oxygen atoms in total. The number of hydrogen-bond donors (Lipinski definition) is 5. The van der Waals surface area contributed by atoms with Crippen molar-refractivity contribution in [3.8, 4) is 0 Å². The Morgan fingerprint density at radius 3 is 2.56 bits per heavy atom. The number of piperidine rings is 2. The predicted octanol–water partition coefficient (Wildman–Crippen LogP) is -0.440. The number of carbonyl (C=O) groups is 2. The number of nitrogens with one attached hydrogen (secondary N) is 5. The Bertz CT molecular complexity index is 813. The number of thioether (sulfide) groups is 1. The van der Waals surface area contributed by atoms with Gasteiger partial charge in [0.1, 0.15) is 5.50 Å². The summed E-state index contributed by atoms with van der Waals surface area (Å²) in [7, 11) is 3.73. The third-order valence-electron chi connectivity index (χ3n) is 8.86. The van der Waals surface area contributed by atoms with Gasteiger partial charge in [0.05, 0.1) is 23.4 Å². The first kappa shape index (κ1) is 26.9. The van der Waals surface area contributed by atoms with Crippen molar-refractivity contribution in [3.63, 3.8) is 0 Å². The number of hydrogen-bond acceptors (Lipinski definition) is 9. The zero-order chi connectivity index (χ0) is 25.6. The highest BCUT2D eigenvalue weighted by Gasteiger charge is 2.48. The minimum Gasteiger partial charge on any atom is -0.380 e. The van der Waals surface area contributed by atoms with E-state index in [-0.39, 0.29) is 64.7 Å². The molecule has 11 unspecified atom stereocenters. The summed E-state index contributed by atoms with van der Waals surface area (Å²) in [5.41, 5.74) is 3.10. The summed E-state index contributed by atoms with van der Waals surface area (Å²) in [6.45, 7) is 7.81. The molecule has 0 aromatic heterocycles. The van der Waals surface area contributed by atoms with Crippen molar-refractivity contribution < 1.29 is 14.3 Å². The van der Waals surface area contributed by atoms with Gasteiger partial charge in [-0.25, -0.2) is 5.01 Å². The highest BCUT2D eigenvalue weighted by molar-refractivity contribution is 8.00. The fraction of sp³-hybridized carbons (Fsp3) is 0.917. The minimum atomic E-state index is -0.130. The summed E-state index contributed by atoms with van der Waals surface area (Å²) >= 11 is 8.21. The van der Waals surface area contributed by atoms with Crippen molar-refractivity contribution in [2.75, 3.05) is 46.9 Å². The second-order valence-corrected chi connectivity index (χ2v) is 13.2. The fourth-order valence-electron chi connectivity index (χ4n) is 6.92. The summed E-state index contributed by atoms with van der Waals surface area (Å²) in [4.78, 5) is 28.7. The van der Waals surface area contributed by atoms with Gasteiger partial charge in [0.25, 0.3) is 0 Å². The Hall–Kier alpha value is -0.660. The highest BCUT2D eigenvalue weighted by Crippen LogP contribution is 2.38. The van der Waals surface area contributed by atoms with Crippen LogP contribution in [0.5, 0.6) is 0 Å². The van der Waals surface area contributed by atoms with E-state index in [1.165, 1.54) is 0 Å². The van der Waals surface area contributed by atoms with Gasteiger partial charge in [-0.2, -0.15) is 0 Å². The fourth-order valence-corrected chi connectivity index (χ4v) is 8.62. The number of amides is 2. The number of ether oxygens (including phenoxy) is 1. The summed E-state index contributed by atoms with van der Waals surface area (Å²) in [6.07, 6.45) is 1.80. The van der Waals surface area contributed by atoms with Gasteiger partial charge in [-0.1, -0.05) is 0 Å². The van der Waals surface area contributed by atoms with E-state index in [1.54, 1.807) is 18.9 Å². The van der Waals surface area contributed by atoms with Crippen molar-refractivity contribution in [3.05, 3.63) is 0 Å². The van der Waals surface area contributed by atoms with Gasteiger partial charge in [-0.05, 0) is 38.5 Å². The van der Waals surface area contributed by atoms with E-state index in [2.05, 4.69) is 40.5 Å². The SMILES string of the molecule is COC1CNC(Cl)CC1C1CC(C)NCC1C(=O)NC1NC2CN(C(=O)C3CN(C)NC3C)CC2S1. The number of halogens is 1. The molecule has 0 aromatic carbocycles. The average Bonchev–Trinajstić information content (AvgIpc) is 3.50. The normalized spacial score (nSPS) is 45.6. The summed E-state index contributed by atoms with van der Waals surface area (Å²) < 4.78 is 5.80. The number of likely N-dealkylation sites (tertiary alicyclic amines) is 1. The average molecular weight is 544 g/mol. The van der Waals surface area contributed by atoms with Crippen LogP contribution in [0.3, 0.4) is 0 Å². The highest BCUT2D eigenvalue weighted by atomic mass is 35.5. The van der Waals surface area contributed by atoms with Crippen LogP contribution in [0.25, 0.3) is 0 Å². The van der Waals surface area contributed by atoms with Crippen LogP contribution in [-0.4, -0.2) is 109 Å². The molecule has 5 heterocycles. The zero-order valence-corrected chi connectivity index (χ0v) is 23.3. The maximum absolute atomic E-state index is 13.6. The topological polar surface area (TPSA) is 110 Å². The molecular weight excluding hydrogens is 502 g/mol. The lowest BCUT2D eigenvalue weighted by atomic mass is 9.70. The molecule has 0 bridgehead atoms. The number of nitrogens with zero attached hydrogens (tertiary/aromatic N) is 2. The molecule has 5 saturated heterocycles. The van der Waals surface area contributed by atoms with Crippen LogP contribution in [0.2, 0.25) is 0 Å². The summed E-state index contributed by atoms with van der Waals surface area (Å²) in [6, 6.07) is 0.716. The molecule has 2 amide bonds. The van der Waals surface area contributed by atoms with Crippen LogP contribution >= 0.6 is 23.4 Å².